The fourth-order valence-corrected chi connectivity index (χ4v) is 3.20. The lowest BCUT2D eigenvalue weighted by atomic mass is 10.0. The Labute approximate surface area is 118 Å². The number of fused-ring (bicyclic) bond motifs is 1. The molecule has 0 radical (unpaired) electrons. The first kappa shape index (κ1) is 11.6. The normalized spacial score (nSPS) is 16.0. The molecule has 3 nitrogen and oxygen atoms in total. The predicted octanol–water partition coefficient (Wildman–Crippen LogP) is 4.28. The fraction of sp³-hybridized carbons (Fsp3) is 0.294. The van der Waals surface area contributed by atoms with E-state index in [-0.39, 0.29) is 0 Å². The summed E-state index contributed by atoms with van der Waals surface area (Å²) in [6.45, 7) is 0. The lowest BCUT2D eigenvalue weighted by Crippen LogP contribution is -1.94. The van der Waals surface area contributed by atoms with E-state index in [4.69, 9.17) is 4.98 Å². The van der Waals surface area contributed by atoms with Crippen molar-refractivity contribution in [3.8, 4) is 11.4 Å². The summed E-state index contributed by atoms with van der Waals surface area (Å²) in [4.78, 5) is 4.75. The fourth-order valence-electron chi connectivity index (χ4n) is 3.20. The van der Waals surface area contributed by atoms with Crippen LogP contribution in [0.1, 0.15) is 37.4 Å². The van der Waals surface area contributed by atoms with E-state index in [0.29, 0.717) is 5.92 Å². The first-order valence-corrected chi connectivity index (χ1v) is 7.32. The van der Waals surface area contributed by atoms with Gasteiger partial charge in [-0.3, -0.25) is 5.10 Å². The molecule has 3 aromatic rings. The van der Waals surface area contributed by atoms with Crippen molar-refractivity contribution < 1.29 is 0 Å². The third kappa shape index (κ3) is 1.90. The summed E-state index contributed by atoms with van der Waals surface area (Å²) in [5, 5.41) is 10.0. The molecule has 1 saturated carbocycles. The molecule has 3 heteroatoms. The van der Waals surface area contributed by atoms with Gasteiger partial charge in [0.25, 0.3) is 0 Å². The lowest BCUT2D eigenvalue weighted by molar-refractivity contribution is 0.672. The minimum absolute atomic E-state index is 0.575. The molecular weight excluding hydrogens is 246 g/mol. The van der Waals surface area contributed by atoms with E-state index in [0.717, 1.165) is 17.2 Å². The third-order valence-corrected chi connectivity index (χ3v) is 4.28. The van der Waals surface area contributed by atoms with Gasteiger partial charge in [-0.05, 0) is 23.6 Å². The highest BCUT2D eigenvalue weighted by atomic mass is 15.2. The number of aromatic amines is 1. The molecule has 0 saturated heterocycles. The number of aromatic nitrogens is 3. The van der Waals surface area contributed by atoms with Crippen LogP contribution < -0.4 is 0 Å². The smallest absolute Gasteiger partial charge is 0.181 e. The molecule has 1 fully saturated rings. The molecule has 1 heterocycles. The maximum absolute atomic E-state index is 4.75. The van der Waals surface area contributed by atoms with E-state index in [1.165, 1.54) is 36.5 Å². The van der Waals surface area contributed by atoms with Crippen molar-refractivity contribution in [2.75, 3.05) is 0 Å². The Bertz CT molecular complexity index is 733. The van der Waals surface area contributed by atoms with Crippen LogP contribution in [0.5, 0.6) is 0 Å². The molecule has 1 aliphatic carbocycles. The van der Waals surface area contributed by atoms with Crippen molar-refractivity contribution in [2.45, 2.75) is 31.6 Å². The molecule has 1 aliphatic rings. The molecule has 0 aliphatic heterocycles. The van der Waals surface area contributed by atoms with Crippen LogP contribution in [0.4, 0.5) is 0 Å². The summed E-state index contributed by atoms with van der Waals surface area (Å²) in [6.07, 6.45) is 5.11. The van der Waals surface area contributed by atoms with Crippen molar-refractivity contribution >= 4 is 10.8 Å². The lowest BCUT2D eigenvalue weighted by Gasteiger charge is -2.03. The average molecular weight is 263 g/mol. The molecule has 4 rings (SSSR count). The molecular formula is C17H17N3. The minimum Gasteiger partial charge on any atom is -0.262 e. The summed E-state index contributed by atoms with van der Waals surface area (Å²) in [7, 11) is 0. The number of H-pyrrole nitrogens is 1. The van der Waals surface area contributed by atoms with Crippen LogP contribution in [-0.4, -0.2) is 15.2 Å². The van der Waals surface area contributed by atoms with Gasteiger partial charge in [-0.15, -0.1) is 0 Å². The topological polar surface area (TPSA) is 41.6 Å². The second-order valence-electron chi connectivity index (χ2n) is 5.55. The number of nitrogens with zero attached hydrogens (tertiary/aromatic N) is 2. The molecule has 0 unspecified atom stereocenters. The zero-order valence-corrected chi connectivity index (χ0v) is 11.3. The van der Waals surface area contributed by atoms with Crippen molar-refractivity contribution in [1.82, 2.24) is 15.2 Å². The molecule has 0 amide bonds. The second kappa shape index (κ2) is 4.75. The monoisotopic (exact) mass is 263 g/mol. The van der Waals surface area contributed by atoms with Crippen molar-refractivity contribution in [3.63, 3.8) is 0 Å². The van der Waals surface area contributed by atoms with Crippen LogP contribution in [-0.2, 0) is 0 Å². The zero-order valence-electron chi connectivity index (χ0n) is 11.3. The number of benzene rings is 2. The Balaban J connectivity index is 1.79. The van der Waals surface area contributed by atoms with Crippen LogP contribution in [0, 0.1) is 0 Å². The van der Waals surface area contributed by atoms with E-state index < -0.39 is 0 Å². The maximum atomic E-state index is 4.75. The van der Waals surface area contributed by atoms with Crippen LogP contribution >= 0.6 is 0 Å². The zero-order chi connectivity index (χ0) is 13.4. The van der Waals surface area contributed by atoms with Crippen molar-refractivity contribution in [1.29, 1.82) is 0 Å². The molecule has 1 aromatic heterocycles. The Morgan fingerprint density at radius 3 is 2.65 bits per heavy atom. The van der Waals surface area contributed by atoms with Crippen LogP contribution in [0.3, 0.4) is 0 Å². The number of hydrogen-bond acceptors (Lipinski definition) is 2. The molecule has 0 bridgehead atoms. The SMILES string of the molecule is c1ccc2c(-c3n[nH]c(C4CCCC4)n3)cccc2c1. The minimum atomic E-state index is 0.575. The predicted molar refractivity (Wildman–Crippen MR) is 80.5 cm³/mol. The quantitative estimate of drug-likeness (QED) is 0.749. The number of rotatable bonds is 2. The first-order chi connectivity index (χ1) is 9.92. The number of hydrogen-bond donors (Lipinski definition) is 1. The van der Waals surface area contributed by atoms with Gasteiger partial charge in [0.15, 0.2) is 5.82 Å². The largest absolute Gasteiger partial charge is 0.262 e. The molecule has 2 aromatic carbocycles. The molecule has 1 N–H and O–H groups in total. The summed E-state index contributed by atoms with van der Waals surface area (Å²) in [6, 6.07) is 14.7. The molecule has 20 heavy (non-hydrogen) atoms. The summed E-state index contributed by atoms with van der Waals surface area (Å²) in [5.74, 6) is 2.46. The summed E-state index contributed by atoms with van der Waals surface area (Å²) >= 11 is 0. The highest BCUT2D eigenvalue weighted by molar-refractivity contribution is 5.94. The van der Waals surface area contributed by atoms with Gasteiger partial charge in [-0.2, -0.15) is 5.10 Å². The van der Waals surface area contributed by atoms with Gasteiger partial charge in [0, 0.05) is 11.5 Å². The van der Waals surface area contributed by atoms with Gasteiger partial charge < -0.3 is 0 Å². The Hall–Kier alpha value is -2.16. The van der Waals surface area contributed by atoms with Crippen molar-refractivity contribution in [3.05, 3.63) is 48.3 Å². The highest BCUT2D eigenvalue weighted by Crippen LogP contribution is 2.33. The van der Waals surface area contributed by atoms with Gasteiger partial charge in [0.1, 0.15) is 5.82 Å². The van der Waals surface area contributed by atoms with Crippen molar-refractivity contribution in [2.24, 2.45) is 0 Å². The van der Waals surface area contributed by atoms with E-state index in [2.05, 4.69) is 52.7 Å². The van der Waals surface area contributed by atoms with Gasteiger partial charge in [-0.25, -0.2) is 4.98 Å². The Kier molecular flexibility index (Phi) is 2.76. The summed E-state index contributed by atoms with van der Waals surface area (Å²) < 4.78 is 0. The Morgan fingerprint density at radius 2 is 1.75 bits per heavy atom. The highest BCUT2D eigenvalue weighted by Gasteiger charge is 2.21. The van der Waals surface area contributed by atoms with Gasteiger partial charge in [-0.1, -0.05) is 55.3 Å². The van der Waals surface area contributed by atoms with E-state index >= 15 is 0 Å². The standard InChI is InChI=1S/C17H17N3/c1-2-8-13(7-1)16-18-17(20-19-16)15-11-5-9-12-6-3-4-10-14(12)15/h3-6,9-11,13H,1-2,7-8H2,(H,18,19,20). The van der Waals surface area contributed by atoms with E-state index in [1.807, 2.05) is 0 Å². The summed E-state index contributed by atoms with van der Waals surface area (Å²) in [5.41, 5.74) is 1.11. The first-order valence-electron chi connectivity index (χ1n) is 7.32. The Morgan fingerprint density at radius 1 is 0.950 bits per heavy atom. The average Bonchev–Trinajstić information content (AvgIpc) is 3.17. The number of nitrogens with one attached hydrogen (secondary N) is 1. The van der Waals surface area contributed by atoms with E-state index in [1.54, 1.807) is 0 Å². The molecule has 0 atom stereocenters. The van der Waals surface area contributed by atoms with Gasteiger partial charge in [0.2, 0.25) is 0 Å². The maximum Gasteiger partial charge on any atom is 0.181 e. The molecule has 100 valence electrons. The van der Waals surface area contributed by atoms with Crippen LogP contribution in [0.2, 0.25) is 0 Å². The van der Waals surface area contributed by atoms with Gasteiger partial charge in [0.05, 0.1) is 0 Å². The van der Waals surface area contributed by atoms with E-state index in [9.17, 15) is 0 Å². The second-order valence-corrected chi connectivity index (χ2v) is 5.55. The van der Waals surface area contributed by atoms with Crippen LogP contribution in [0.25, 0.3) is 22.2 Å². The molecule has 0 spiro atoms. The van der Waals surface area contributed by atoms with Gasteiger partial charge >= 0.3 is 0 Å². The van der Waals surface area contributed by atoms with Crippen LogP contribution in [0.15, 0.2) is 42.5 Å². The third-order valence-electron chi connectivity index (χ3n) is 4.28.